The second-order valence-corrected chi connectivity index (χ2v) is 6.30. The number of carbonyl (C=O) groups is 1. The average molecular weight is 372 g/mol. The van der Waals surface area contributed by atoms with Gasteiger partial charge in [0, 0.05) is 17.3 Å². The molecule has 1 aromatic heterocycles. The fraction of sp³-hybridized carbons (Fsp3) is 0.0435. The number of nitrogens with zero attached hydrogens (tertiary/aromatic N) is 1. The van der Waals surface area contributed by atoms with Crippen LogP contribution in [0.1, 0.15) is 5.69 Å². The van der Waals surface area contributed by atoms with Gasteiger partial charge in [-0.3, -0.25) is 4.79 Å². The molecule has 4 rings (SSSR count). The molecule has 3 aromatic carbocycles. The summed E-state index contributed by atoms with van der Waals surface area (Å²) < 4.78 is 19.1. The summed E-state index contributed by atoms with van der Waals surface area (Å²) in [4.78, 5) is 12.5. The predicted octanol–water partition coefficient (Wildman–Crippen LogP) is 5.33. The largest absolute Gasteiger partial charge is 0.356 e. The van der Waals surface area contributed by atoms with Crippen LogP contribution in [0.2, 0.25) is 0 Å². The van der Waals surface area contributed by atoms with E-state index in [9.17, 15) is 9.18 Å². The summed E-state index contributed by atoms with van der Waals surface area (Å²) in [6.07, 6.45) is 0.0288. The maximum absolute atomic E-state index is 13.9. The third-order valence-electron chi connectivity index (χ3n) is 4.33. The van der Waals surface area contributed by atoms with E-state index >= 15 is 0 Å². The molecule has 5 heteroatoms. The zero-order valence-corrected chi connectivity index (χ0v) is 14.9. The predicted molar refractivity (Wildman–Crippen MR) is 106 cm³/mol. The molecular formula is C23H17FN2O2. The number of carbonyl (C=O) groups excluding carboxylic acids is 1. The molecule has 4 aromatic rings. The fourth-order valence-corrected chi connectivity index (χ4v) is 3.00. The van der Waals surface area contributed by atoms with Gasteiger partial charge >= 0.3 is 0 Å². The number of hydrogen-bond donors (Lipinski definition) is 1. The van der Waals surface area contributed by atoms with Gasteiger partial charge in [0.25, 0.3) is 0 Å². The molecule has 1 N–H and O–H groups in total. The lowest BCUT2D eigenvalue weighted by Crippen LogP contribution is -2.15. The molecule has 138 valence electrons. The van der Waals surface area contributed by atoms with Crippen molar-refractivity contribution in [1.82, 2.24) is 5.16 Å². The number of hydrogen-bond acceptors (Lipinski definition) is 3. The number of para-hydroxylation sites is 1. The second kappa shape index (κ2) is 7.88. The Kier molecular flexibility index (Phi) is 4.97. The molecular weight excluding hydrogens is 355 g/mol. The summed E-state index contributed by atoms with van der Waals surface area (Å²) in [5.41, 5.74) is 3.42. The van der Waals surface area contributed by atoms with Crippen LogP contribution in [0.3, 0.4) is 0 Å². The highest BCUT2D eigenvalue weighted by atomic mass is 19.1. The molecule has 1 heterocycles. The first-order valence-corrected chi connectivity index (χ1v) is 8.85. The molecule has 0 unspecified atom stereocenters. The number of rotatable bonds is 5. The molecule has 0 aliphatic carbocycles. The molecule has 0 radical (unpaired) electrons. The molecule has 28 heavy (non-hydrogen) atoms. The van der Waals surface area contributed by atoms with Gasteiger partial charge in [0.2, 0.25) is 5.91 Å². The number of aromatic nitrogens is 1. The van der Waals surface area contributed by atoms with Crippen LogP contribution in [0.15, 0.2) is 89.5 Å². The molecule has 0 fully saturated rings. The lowest BCUT2D eigenvalue weighted by molar-refractivity contribution is -0.115. The van der Waals surface area contributed by atoms with E-state index < -0.39 is 5.82 Å². The van der Waals surface area contributed by atoms with Gasteiger partial charge in [-0.1, -0.05) is 65.8 Å². The van der Waals surface area contributed by atoms with E-state index in [0.717, 1.165) is 16.8 Å². The Morgan fingerprint density at radius 2 is 1.57 bits per heavy atom. The molecule has 0 saturated heterocycles. The van der Waals surface area contributed by atoms with Gasteiger partial charge < -0.3 is 9.84 Å². The number of benzene rings is 3. The summed E-state index contributed by atoms with van der Waals surface area (Å²) in [5, 5.41) is 6.82. The minimum Gasteiger partial charge on any atom is -0.356 e. The van der Waals surface area contributed by atoms with E-state index in [0.29, 0.717) is 17.0 Å². The summed E-state index contributed by atoms with van der Waals surface area (Å²) in [5.74, 6) is -0.325. The van der Waals surface area contributed by atoms with Crippen molar-refractivity contribution < 1.29 is 13.7 Å². The van der Waals surface area contributed by atoms with Gasteiger partial charge in [-0.05, 0) is 23.8 Å². The fourth-order valence-electron chi connectivity index (χ4n) is 3.00. The Balaban J connectivity index is 1.50. The standard InChI is InChI=1S/C23H17FN2O2/c24-20-12-6-4-11-19(20)22-14-17(26-28-22)15-23(27)25-21-13-7-5-10-18(21)16-8-2-1-3-9-16/h1-14H,15H2,(H,25,27). The molecule has 1 amide bonds. The minimum absolute atomic E-state index is 0.0288. The zero-order valence-electron chi connectivity index (χ0n) is 14.9. The molecule has 0 atom stereocenters. The maximum Gasteiger partial charge on any atom is 0.230 e. The number of anilines is 1. The summed E-state index contributed by atoms with van der Waals surface area (Å²) in [6.45, 7) is 0. The SMILES string of the molecule is O=C(Cc1cc(-c2ccccc2F)on1)Nc1ccccc1-c1ccccc1. The molecule has 0 bridgehead atoms. The van der Waals surface area contributed by atoms with Crippen molar-refractivity contribution in [3.8, 4) is 22.5 Å². The van der Waals surface area contributed by atoms with Crippen LogP contribution < -0.4 is 5.32 Å². The van der Waals surface area contributed by atoms with Gasteiger partial charge in [0.15, 0.2) is 5.76 Å². The Morgan fingerprint density at radius 1 is 0.893 bits per heavy atom. The summed E-state index contributed by atoms with van der Waals surface area (Å²) in [6, 6.07) is 25.3. The highest BCUT2D eigenvalue weighted by molar-refractivity contribution is 5.96. The third-order valence-corrected chi connectivity index (χ3v) is 4.33. The van der Waals surface area contributed by atoms with Crippen molar-refractivity contribution in [2.45, 2.75) is 6.42 Å². The normalized spacial score (nSPS) is 10.6. The lowest BCUT2D eigenvalue weighted by Gasteiger charge is -2.10. The molecule has 0 saturated carbocycles. The van der Waals surface area contributed by atoms with Crippen LogP contribution in [-0.2, 0) is 11.2 Å². The highest BCUT2D eigenvalue weighted by Crippen LogP contribution is 2.28. The molecule has 0 aliphatic heterocycles. The monoisotopic (exact) mass is 372 g/mol. The topological polar surface area (TPSA) is 55.1 Å². The van der Waals surface area contributed by atoms with Crippen LogP contribution in [0.25, 0.3) is 22.5 Å². The van der Waals surface area contributed by atoms with E-state index in [1.54, 1.807) is 24.3 Å². The molecule has 0 aliphatic rings. The Labute approximate surface area is 161 Å². The summed E-state index contributed by atoms with van der Waals surface area (Å²) in [7, 11) is 0. The van der Waals surface area contributed by atoms with Crippen molar-refractivity contribution in [2.24, 2.45) is 0 Å². The minimum atomic E-state index is -0.397. The Bertz CT molecular complexity index is 1110. The third kappa shape index (κ3) is 3.83. The van der Waals surface area contributed by atoms with Crippen molar-refractivity contribution in [1.29, 1.82) is 0 Å². The van der Waals surface area contributed by atoms with Crippen LogP contribution in [0.4, 0.5) is 10.1 Å². The quantitative estimate of drug-likeness (QED) is 0.515. The van der Waals surface area contributed by atoms with Crippen LogP contribution in [0, 0.1) is 5.82 Å². The van der Waals surface area contributed by atoms with E-state index in [1.165, 1.54) is 6.07 Å². The average Bonchev–Trinajstić information content (AvgIpc) is 3.17. The first kappa shape index (κ1) is 17.7. The first-order valence-electron chi connectivity index (χ1n) is 8.85. The van der Waals surface area contributed by atoms with Crippen molar-refractivity contribution in [3.05, 3.63) is 96.4 Å². The van der Waals surface area contributed by atoms with E-state index in [-0.39, 0.29) is 12.3 Å². The van der Waals surface area contributed by atoms with Crippen molar-refractivity contribution in [2.75, 3.05) is 5.32 Å². The Hall–Kier alpha value is -3.73. The number of halogens is 1. The van der Waals surface area contributed by atoms with Crippen LogP contribution >= 0.6 is 0 Å². The van der Waals surface area contributed by atoms with Gasteiger partial charge in [-0.25, -0.2) is 4.39 Å². The maximum atomic E-state index is 13.9. The summed E-state index contributed by atoms with van der Waals surface area (Å²) >= 11 is 0. The van der Waals surface area contributed by atoms with Gasteiger partial charge in [0.05, 0.1) is 17.7 Å². The van der Waals surface area contributed by atoms with E-state index in [1.807, 2.05) is 54.6 Å². The van der Waals surface area contributed by atoms with Gasteiger partial charge in [-0.15, -0.1) is 0 Å². The van der Waals surface area contributed by atoms with Crippen molar-refractivity contribution >= 4 is 11.6 Å². The molecule has 0 spiro atoms. The lowest BCUT2D eigenvalue weighted by atomic mass is 10.0. The second-order valence-electron chi connectivity index (χ2n) is 6.30. The van der Waals surface area contributed by atoms with Crippen LogP contribution in [0.5, 0.6) is 0 Å². The first-order chi connectivity index (χ1) is 13.7. The highest BCUT2D eigenvalue weighted by Gasteiger charge is 2.14. The number of nitrogens with one attached hydrogen (secondary N) is 1. The number of amides is 1. The van der Waals surface area contributed by atoms with E-state index in [2.05, 4.69) is 10.5 Å². The smallest absolute Gasteiger partial charge is 0.230 e. The van der Waals surface area contributed by atoms with Crippen molar-refractivity contribution in [3.63, 3.8) is 0 Å². The Morgan fingerprint density at radius 3 is 2.36 bits per heavy atom. The van der Waals surface area contributed by atoms with Gasteiger partial charge in [0.1, 0.15) is 5.82 Å². The zero-order chi connectivity index (χ0) is 19.3. The molecule has 4 nitrogen and oxygen atoms in total. The van der Waals surface area contributed by atoms with E-state index in [4.69, 9.17) is 4.52 Å². The van der Waals surface area contributed by atoms with Crippen LogP contribution in [-0.4, -0.2) is 11.1 Å². The van der Waals surface area contributed by atoms with Gasteiger partial charge in [-0.2, -0.15) is 0 Å².